The highest BCUT2D eigenvalue weighted by molar-refractivity contribution is 5.98. The number of aromatic nitrogens is 6. The fraction of sp³-hybridized carbons (Fsp3) is 0.226. The summed E-state index contributed by atoms with van der Waals surface area (Å²) < 4.78 is 14.6. The first-order valence-electron chi connectivity index (χ1n) is 13.4. The molecular weight excluding hydrogens is 519 g/mol. The lowest BCUT2D eigenvalue weighted by Crippen LogP contribution is -2.24. The van der Waals surface area contributed by atoms with Crippen LogP contribution in [0, 0.1) is 11.7 Å². The summed E-state index contributed by atoms with van der Waals surface area (Å²) in [4.78, 5) is 19.0. The molecule has 0 radical (unpaired) electrons. The number of rotatable bonds is 8. The van der Waals surface area contributed by atoms with E-state index in [0.717, 1.165) is 49.9 Å². The van der Waals surface area contributed by atoms with Crippen molar-refractivity contribution in [2.24, 2.45) is 5.92 Å². The van der Waals surface area contributed by atoms with Crippen LogP contribution in [0.25, 0.3) is 55.7 Å². The average Bonchev–Trinajstić information content (AvgIpc) is 3.56. The number of H-pyrrole nitrogens is 2. The first-order valence-corrected chi connectivity index (χ1v) is 13.4. The van der Waals surface area contributed by atoms with Gasteiger partial charge in [-0.15, -0.1) is 0 Å². The van der Waals surface area contributed by atoms with Gasteiger partial charge in [-0.1, -0.05) is 19.9 Å². The van der Waals surface area contributed by atoms with Gasteiger partial charge >= 0.3 is 0 Å². The molecule has 9 nitrogen and oxygen atoms in total. The van der Waals surface area contributed by atoms with E-state index in [1.54, 1.807) is 30.9 Å². The molecule has 0 amide bonds. The van der Waals surface area contributed by atoms with Crippen LogP contribution in [0.2, 0.25) is 0 Å². The van der Waals surface area contributed by atoms with Gasteiger partial charge in [-0.2, -0.15) is 5.10 Å². The Hall–Kier alpha value is -4.67. The minimum Gasteiger partial charge on any atom is -0.374 e. The quantitative estimate of drug-likeness (QED) is 0.176. The lowest BCUT2D eigenvalue weighted by atomic mass is 10.0. The topological polar surface area (TPSA) is 119 Å². The number of aromatic amines is 2. The van der Waals surface area contributed by atoms with Gasteiger partial charge in [-0.3, -0.25) is 15.1 Å². The van der Waals surface area contributed by atoms with Crippen molar-refractivity contribution in [3.8, 4) is 33.8 Å². The van der Waals surface area contributed by atoms with E-state index in [0.29, 0.717) is 23.6 Å². The van der Waals surface area contributed by atoms with Crippen LogP contribution < -0.4 is 5.32 Å². The third kappa shape index (κ3) is 5.39. The molecule has 4 heterocycles. The zero-order valence-electron chi connectivity index (χ0n) is 23.3. The van der Waals surface area contributed by atoms with Crippen molar-refractivity contribution in [1.82, 2.24) is 35.0 Å². The van der Waals surface area contributed by atoms with E-state index < -0.39 is 6.23 Å². The largest absolute Gasteiger partial charge is 0.374 e. The van der Waals surface area contributed by atoms with E-state index in [4.69, 9.17) is 4.98 Å². The number of hydrogen-bond acceptors (Lipinski definition) is 7. The summed E-state index contributed by atoms with van der Waals surface area (Å²) in [5.41, 5.74) is 7.85. The summed E-state index contributed by atoms with van der Waals surface area (Å²) in [6.45, 7) is 4.51. The van der Waals surface area contributed by atoms with Crippen LogP contribution >= 0.6 is 0 Å². The van der Waals surface area contributed by atoms with E-state index in [1.165, 1.54) is 6.07 Å². The van der Waals surface area contributed by atoms with Crippen LogP contribution in [0.3, 0.4) is 0 Å². The highest BCUT2D eigenvalue weighted by Crippen LogP contribution is 2.33. The minimum atomic E-state index is -0.672. The van der Waals surface area contributed by atoms with Crippen LogP contribution in [0.4, 0.5) is 10.1 Å². The Morgan fingerprint density at radius 1 is 0.927 bits per heavy atom. The van der Waals surface area contributed by atoms with E-state index >= 15 is 0 Å². The molecule has 6 aromatic rings. The van der Waals surface area contributed by atoms with Crippen molar-refractivity contribution < 1.29 is 9.50 Å². The monoisotopic (exact) mass is 550 g/mol. The van der Waals surface area contributed by atoms with Gasteiger partial charge in [0.05, 0.1) is 34.6 Å². The lowest BCUT2D eigenvalue weighted by molar-refractivity contribution is 0.153. The Morgan fingerprint density at radius 2 is 1.76 bits per heavy atom. The summed E-state index contributed by atoms with van der Waals surface area (Å²) in [6, 6.07) is 13.0. The van der Waals surface area contributed by atoms with Gasteiger partial charge in [0, 0.05) is 35.5 Å². The molecule has 4 N–H and O–H groups in total. The maximum Gasteiger partial charge on any atom is 0.159 e. The third-order valence-corrected chi connectivity index (χ3v) is 6.97. The number of aliphatic hydroxyl groups excluding tert-OH is 1. The van der Waals surface area contributed by atoms with Crippen molar-refractivity contribution in [1.29, 1.82) is 0 Å². The van der Waals surface area contributed by atoms with E-state index in [2.05, 4.69) is 30.5 Å². The molecule has 1 unspecified atom stereocenters. The normalized spacial score (nSPS) is 12.6. The average molecular weight is 551 g/mol. The Balaban J connectivity index is 1.39. The summed E-state index contributed by atoms with van der Waals surface area (Å²) in [5.74, 6) is 0.339. The fourth-order valence-electron chi connectivity index (χ4n) is 4.91. The number of imidazole rings is 1. The molecule has 2 aromatic carbocycles. The molecule has 0 aliphatic rings. The number of pyridine rings is 2. The number of anilines is 1. The Kier molecular flexibility index (Phi) is 6.94. The van der Waals surface area contributed by atoms with E-state index in [1.807, 2.05) is 63.2 Å². The first kappa shape index (κ1) is 26.5. The molecule has 0 fully saturated rings. The number of fused-ring (bicyclic) bond motifs is 2. The van der Waals surface area contributed by atoms with Crippen LogP contribution in [-0.4, -0.2) is 60.5 Å². The molecule has 6 rings (SSSR count). The lowest BCUT2D eigenvalue weighted by Gasteiger charge is -2.17. The van der Waals surface area contributed by atoms with E-state index in [-0.39, 0.29) is 11.7 Å². The van der Waals surface area contributed by atoms with Crippen LogP contribution in [0.1, 0.15) is 19.4 Å². The summed E-state index contributed by atoms with van der Waals surface area (Å²) in [6.07, 6.45) is 6.24. The highest BCUT2D eigenvalue weighted by Gasteiger charge is 2.17. The molecule has 10 heteroatoms. The number of nitrogens with one attached hydrogen (secondary N) is 3. The molecule has 4 aromatic heterocycles. The maximum atomic E-state index is 14.6. The predicted molar refractivity (Wildman–Crippen MR) is 159 cm³/mol. The molecule has 0 aliphatic carbocycles. The zero-order valence-corrected chi connectivity index (χ0v) is 23.3. The number of benzene rings is 2. The molecule has 0 bridgehead atoms. The summed E-state index contributed by atoms with van der Waals surface area (Å²) >= 11 is 0. The fourth-order valence-corrected chi connectivity index (χ4v) is 4.91. The maximum absolute atomic E-state index is 14.6. The number of halogens is 1. The standard InChI is InChI=1S/C31H31FN8O/c1-17(2)31(41)35-23-10-21(12-33-13-23)19-5-6-26-24(11-19)29(39-38-26)30-36-27-15-34-14-25(28(27)37-30)20-7-18(16-40(3)4)8-22(32)9-20/h5-15,17,31,35,41H,16H2,1-4H3,(H,36,37)(H,38,39). The SMILES string of the molecule is CC(C)C(O)Nc1cncc(-c2ccc3[nH]nc(-c4nc5c(-c6cc(F)cc(CN(C)C)c6)cncc5[nH]4)c3c2)c1. The second-order valence-corrected chi connectivity index (χ2v) is 10.9. The van der Waals surface area contributed by atoms with Gasteiger partial charge in [0.15, 0.2) is 5.82 Å². The van der Waals surface area contributed by atoms with Crippen LogP contribution in [-0.2, 0) is 6.54 Å². The van der Waals surface area contributed by atoms with Crippen molar-refractivity contribution >= 4 is 27.6 Å². The Morgan fingerprint density at radius 3 is 2.56 bits per heavy atom. The molecule has 41 heavy (non-hydrogen) atoms. The Labute approximate surface area is 236 Å². The van der Waals surface area contributed by atoms with Gasteiger partial charge in [-0.25, -0.2) is 9.37 Å². The Bertz CT molecular complexity index is 1860. The number of aliphatic hydroxyl groups is 1. The van der Waals surface area contributed by atoms with Crippen molar-refractivity contribution in [3.05, 3.63) is 78.6 Å². The molecule has 208 valence electrons. The van der Waals surface area contributed by atoms with Gasteiger partial charge in [0.1, 0.15) is 17.7 Å². The highest BCUT2D eigenvalue weighted by atomic mass is 19.1. The van der Waals surface area contributed by atoms with Crippen molar-refractivity contribution in [2.75, 3.05) is 19.4 Å². The van der Waals surface area contributed by atoms with E-state index in [9.17, 15) is 9.50 Å². The summed E-state index contributed by atoms with van der Waals surface area (Å²) in [7, 11) is 3.90. The minimum absolute atomic E-state index is 0.0593. The second kappa shape index (κ2) is 10.7. The molecular formula is C31H31FN8O. The third-order valence-electron chi connectivity index (χ3n) is 6.97. The molecule has 0 saturated heterocycles. The van der Waals surface area contributed by atoms with Crippen LogP contribution in [0.15, 0.2) is 67.3 Å². The summed E-state index contributed by atoms with van der Waals surface area (Å²) in [5, 5.41) is 21.9. The number of nitrogens with zero attached hydrogens (tertiary/aromatic N) is 5. The van der Waals surface area contributed by atoms with Crippen LogP contribution in [0.5, 0.6) is 0 Å². The number of hydrogen-bond donors (Lipinski definition) is 4. The van der Waals surface area contributed by atoms with Crippen molar-refractivity contribution in [2.45, 2.75) is 26.6 Å². The zero-order chi connectivity index (χ0) is 28.7. The van der Waals surface area contributed by atoms with Gasteiger partial charge in [0.25, 0.3) is 0 Å². The first-order chi connectivity index (χ1) is 19.7. The van der Waals surface area contributed by atoms with Gasteiger partial charge < -0.3 is 20.3 Å². The smallest absolute Gasteiger partial charge is 0.159 e. The molecule has 0 spiro atoms. The predicted octanol–water partition coefficient (Wildman–Crippen LogP) is 5.82. The van der Waals surface area contributed by atoms with Gasteiger partial charge in [0.2, 0.25) is 0 Å². The van der Waals surface area contributed by atoms with Gasteiger partial charge in [-0.05, 0) is 73.1 Å². The molecule has 0 aliphatic heterocycles. The molecule has 1 atom stereocenters. The second-order valence-electron chi connectivity index (χ2n) is 10.9. The van der Waals surface area contributed by atoms with Crippen molar-refractivity contribution in [3.63, 3.8) is 0 Å². The molecule has 0 saturated carbocycles.